The van der Waals surface area contributed by atoms with Gasteiger partial charge in [-0.25, -0.2) is 0 Å². The van der Waals surface area contributed by atoms with Gasteiger partial charge in [-0.1, -0.05) is 62.0 Å². The lowest BCUT2D eigenvalue weighted by Crippen LogP contribution is -2.59. The predicted octanol–water partition coefficient (Wildman–Crippen LogP) is 5.63. The van der Waals surface area contributed by atoms with E-state index in [1.54, 1.807) is 6.08 Å². The van der Waals surface area contributed by atoms with Gasteiger partial charge in [-0.3, -0.25) is 4.79 Å². The monoisotopic (exact) mass is 407 g/mol. The summed E-state index contributed by atoms with van der Waals surface area (Å²) in [6, 6.07) is 9.15. The molecule has 1 aromatic rings. The van der Waals surface area contributed by atoms with Crippen LogP contribution in [0.4, 0.5) is 0 Å². The highest BCUT2D eigenvalue weighted by Crippen LogP contribution is 2.65. The lowest BCUT2D eigenvalue weighted by molar-refractivity contribution is -0.122. The van der Waals surface area contributed by atoms with E-state index in [1.165, 1.54) is 48.1 Å². The fourth-order valence-electron chi connectivity index (χ4n) is 7.68. The van der Waals surface area contributed by atoms with Crippen LogP contribution in [0.2, 0.25) is 0 Å². The Morgan fingerprint density at radius 3 is 2.55 bits per heavy atom. The molecule has 1 aromatic carbocycles. The van der Waals surface area contributed by atoms with Gasteiger partial charge in [0.2, 0.25) is 5.91 Å². The zero-order valence-electron chi connectivity index (χ0n) is 17.9. The highest BCUT2D eigenvalue weighted by molar-refractivity contribution is 7.80. The lowest BCUT2D eigenvalue weighted by Gasteiger charge is -2.59. The summed E-state index contributed by atoms with van der Waals surface area (Å²) in [5, 5.41) is 3.27. The number of amides is 1. The molecule has 5 rings (SSSR count). The third kappa shape index (κ3) is 2.87. The van der Waals surface area contributed by atoms with Crippen molar-refractivity contribution >= 4 is 23.0 Å². The number of nitrogens with one attached hydrogen (secondary N) is 1. The number of carbonyl (C=O) groups is 1. The van der Waals surface area contributed by atoms with Gasteiger partial charge in [-0.15, -0.1) is 0 Å². The summed E-state index contributed by atoms with van der Waals surface area (Å²) >= 11 is 6.08. The number of carbonyl (C=O) groups excluding carboxylic acids is 1. The molecule has 3 fully saturated rings. The Morgan fingerprint density at radius 2 is 1.79 bits per heavy atom. The van der Waals surface area contributed by atoms with Gasteiger partial charge >= 0.3 is 0 Å². The van der Waals surface area contributed by atoms with Gasteiger partial charge in [-0.05, 0) is 80.3 Å². The topological polar surface area (TPSA) is 29.1 Å². The molecule has 3 heteroatoms. The molecule has 0 spiro atoms. The summed E-state index contributed by atoms with van der Waals surface area (Å²) in [6.45, 7) is 7.08. The van der Waals surface area contributed by atoms with Gasteiger partial charge in [-0.2, -0.15) is 0 Å². The zero-order chi connectivity index (χ0) is 20.4. The van der Waals surface area contributed by atoms with Gasteiger partial charge in [0.15, 0.2) is 0 Å². The number of aryl methyl sites for hydroxylation is 1. The second kappa shape index (κ2) is 6.77. The highest BCUT2D eigenvalue weighted by atomic mass is 32.1. The third-order valence-corrected chi connectivity index (χ3v) is 9.86. The average molecular weight is 408 g/mol. The van der Waals surface area contributed by atoms with Crippen LogP contribution >= 0.6 is 12.2 Å². The number of rotatable bonds is 2. The number of hydrogen-bond acceptors (Lipinski definition) is 2. The normalized spacial score (nSPS) is 43.1. The molecule has 1 N–H and O–H groups in total. The largest absolute Gasteiger partial charge is 0.349 e. The van der Waals surface area contributed by atoms with Crippen molar-refractivity contribution in [3.8, 4) is 0 Å². The first-order valence-electron chi connectivity index (χ1n) is 11.4. The number of fused-ring (bicyclic) bond motifs is 5. The Kier molecular flexibility index (Phi) is 4.55. The Labute approximate surface area is 180 Å². The fourth-order valence-corrected chi connectivity index (χ4v) is 8.21. The zero-order valence-corrected chi connectivity index (χ0v) is 18.7. The molecule has 2 nitrogen and oxygen atoms in total. The van der Waals surface area contributed by atoms with E-state index in [0.717, 1.165) is 18.3 Å². The SMILES string of the molecule is Cc1ccc(C(=S)[C@H]2CC[C@H]3[C@@H]4CC[C@H]5NC(=O)C=C[C@]5(C)[C@H]4CC[C@]23C)cc1. The van der Waals surface area contributed by atoms with Crippen molar-refractivity contribution in [2.45, 2.75) is 65.3 Å². The van der Waals surface area contributed by atoms with Gasteiger partial charge in [0, 0.05) is 22.2 Å². The predicted molar refractivity (Wildman–Crippen MR) is 122 cm³/mol. The molecule has 3 saturated carbocycles. The number of benzene rings is 1. The Morgan fingerprint density at radius 1 is 1.03 bits per heavy atom. The van der Waals surface area contributed by atoms with E-state index in [2.05, 4.69) is 56.4 Å². The summed E-state index contributed by atoms with van der Waals surface area (Å²) in [5.74, 6) is 2.83. The van der Waals surface area contributed by atoms with Gasteiger partial charge < -0.3 is 5.32 Å². The minimum absolute atomic E-state index is 0.0935. The van der Waals surface area contributed by atoms with Crippen molar-refractivity contribution in [3.63, 3.8) is 0 Å². The van der Waals surface area contributed by atoms with Crippen molar-refractivity contribution in [2.75, 3.05) is 0 Å². The van der Waals surface area contributed by atoms with E-state index in [0.29, 0.717) is 23.3 Å². The first kappa shape index (κ1) is 19.5. The van der Waals surface area contributed by atoms with Crippen molar-refractivity contribution in [1.82, 2.24) is 5.32 Å². The summed E-state index contributed by atoms with van der Waals surface area (Å²) in [5.41, 5.74) is 3.00. The van der Waals surface area contributed by atoms with E-state index >= 15 is 0 Å². The average Bonchev–Trinajstić information content (AvgIpc) is 3.06. The van der Waals surface area contributed by atoms with Crippen molar-refractivity contribution < 1.29 is 4.79 Å². The summed E-state index contributed by atoms with van der Waals surface area (Å²) < 4.78 is 0. The van der Waals surface area contributed by atoms with E-state index in [-0.39, 0.29) is 11.3 Å². The smallest absolute Gasteiger partial charge is 0.243 e. The first-order valence-corrected chi connectivity index (χ1v) is 11.8. The lowest BCUT2D eigenvalue weighted by atomic mass is 9.47. The molecule has 29 heavy (non-hydrogen) atoms. The summed E-state index contributed by atoms with van der Waals surface area (Å²) in [4.78, 5) is 13.1. The van der Waals surface area contributed by atoms with Gasteiger partial charge in [0.05, 0.1) is 0 Å². The molecule has 0 unspecified atom stereocenters. The Hall–Kier alpha value is -1.48. The second-order valence-corrected chi connectivity index (χ2v) is 11.1. The quantitative estimate of drug-likeness (QED) is 0.509. The van der Waals surface area contributed by atoms with E-state index in [1.807, 2.05) is 0 Å². The molecule has 0 bridgehead atoms. The van der Waals surface area contributed by atoms with Crippen LogP contribution < -0.4 is 5.32 Å². The van der Waals surface area contributed by atoms with Crippen LogP contribution in [0.3, 0.4) is 0 Å². The maximum atomic E-state index is 11.9. The molecular weight excluding hydrogens is 374 g/mol. The molecule has 4 aliphatic rings. The number of hydrogen-bond donors (Lipinski definition) is 1. The number of thiocarbonyl (C=S) groups is 1. The molecule has 1 amide bonds. The molecule has 0 radical (unpaired) electrons. The van der Waals surface area contributed by atoms with Crippen LogP contribution in [0.1, 0.15) is 63.5 Å². The standard InChI is InChI=1S/C26H33NOS/c1-16-4-6-17(7-5-16)24(29)21-10-9-19-18-8-11-22-26(3,15-13-23(28)27-22)20(18)12-14-25(19,21)2/h4-7,13,15,18-22H,8-12,14H2,1-3H3,(H,27,28)/t18-,19-,20-,21+,22+,25-,26+/m0/s1. The van der Waals surface area contributed by atoms with Crippen LogP contribution in [-0.2, 0) is 4.79 Å². The van der Waals surface area contributed by atoms with Gasteiger partial charge in [0.1, 0.15) is 0 Å². The molecule has 1 aliphatic heterocycles. The molecule has 0 aromatic heterocycles. The second-order valence-electron chi connectivity index (χ2n) is 10.6. The van der Waals surface area contributed by atoms with Gasteiger partial charge in [0.25, 0.3) is 0 Å². The van der Waals surface area contributed by atoms with Crippen LogP contribution in [0.15, 0.2) is 36.4 Å². The highest BCUT2D eigenvalue weighted by Gasteiger charge is 2.60. The summed E-state index contributed by atoms with van der Waals surface area (Å²) in [6.07, 6.45) is 11.5. The summed E-state index contributed by atoms with van der Waals surface area (Å²) in [7, 11) is 0. The molecule has 7 atom stereocenters. The maximum Gasteiger partial charge on any atom is 0.243 e. The Balaban J connectivity index is 1.42. The molecule has 3 aliphatic carbocycles. The van der Waals surface area contributed by atoms with E-state index in [9.17, 15) is 4.79 Å². The van der Waals surface area contributed by atoms with Crippen molar-refractivity contribution in [3.05, 3.63) is 47.5 Å². The van der Waals surface area contributed by atoms with Crippen LogP contribution in [-0.4, -0.2) is 16.8 Å². The molecular formula is C26H33NOS. The van der Waals surface area contributed by atoms with Crippen molar-refractivity contribution in [2.24, 2.45) is 34.5 Å². The minimum Gasteiger partial charge on any atom is -0.349 e. The van der Waals surface area contributed by atoms with Crippen molar-refractivity contribution in [1.29, 1.82) is 0 Å². The van der Waals surface area contributed by atoms with E-state index in [4.69, 9.17) is 12.2 Å². The van der Waals surface area contributed by atoms with Crippen LogP contribution in [0.25, 0.3) is 0 Å². The Bertz CT molecular complexity index is 873. The molecule has 0 saturated heterocycles. The third-order valence-electron chi connectivity index (χ3n) is 9.34. The minimum atomic E-state index is 0.0935. The maximum absolute atomic E-state index is 11.9. The molecule has 1 heterocycles. The fraction of sp³-hybridized carbons (Fsp3) is 0.615. The first-order chi connectivity index (χ1) is 13.8. The van der Waals surface area contributed by atoms with Crippen LogP contribution in [0, 0.1) is 41.4 Å². The van der Waals surface area contributed by atoms with Crippen LogP contribution in [0.5, 0.6) is 0 Å². The molecule has 154 valence electrons. The van der Waals surface area contributed by atoms with E-state index < -0.39 is 0 Å².